The van der Waals surface area contributed by atoms with Gasteiger partial charge in [0.1, 0.15) is 0 Å². The van der Waals surface area contributed by atoms with Crippen LogP contribution in [0.2, 0.25) is 0 Å². The maximum Gasteiger partial charge on any atom is 0.311 e. The van der Waals surface area contributed by atoms with Gasteiger partial charge in [-0.05, 0) is 18.4 Å². The average Bonchev–Trinajstić information content (AvgIpc) is 1.93. The summed E-state index contributed by atoms with van der Waals surface area (Å²) in [4.78, 5) is -2.32. The molecule has 0 saturated heterocycles. The van der Waals surface area contributed by atoms with E-state index >= 15 is 0 Å². The topological polar surface area (TPSA) is 113 Å². The monoisotopic (exact) mass is 192 g/mol. The van der Waals surface area contributed by atoms with E-state index in [-0.39, 0.29) is 0 Å². The Labute approximate surface area is 69.1 Å². The minimum atomic E-state index is -4.58. The number of nitrogens with one attached hydrogen (secondary N) is 1. The van der Waals surface area contributed by atoms with Gasteiger partial charge in [0, 0.05) is 0 Å². The second-order valence-corrected chi connectivity index (χ2v) is 3.86. The molecule has 0 aromatic carbocycles. The van der Waals surface area contributed by atoms with Crippen molar-refractivity contribution in [1.82, 2.24) is 5.32 Å². The van der Waals surface area contributed by atoms with Crippen LogP contribution in [0.4, 0.5) is 0 Å². The summed E-state index contributed by atoms with van der Waals surface area (Å²) in [7, 11) is -4.58. The fourth-order valence-corrected chi connectivity index (χ4v) is 1.26. The van der Waals surface area contributed by atoms with E-state index in [2.05, 4.69) is 5.32 Å². The van der Waals surface area contributed by atoms with E-state index in [0.717, 1.165) is 6.08 Å². The molecule has 0 aromatic rings. The Hall–Kier alpha value is -1.05. The van der Waals surface area contributed by atoms with Crippen LogP contribution in [0.1, 0.15) is 0 Å². The number of hydrogen-bond acceptors (Lipinski definition) is 5. The van der Waals surface area contributed by atoms with E-state index in [9.17, 15) is 8.42 Å². The molecule has 0 saturated carbocycles. The molecule has 1 unspecified atom stereocenters. The second kappa shape index (κ2) is 2.47. The Morgan fingerprint density at radius 1 is 1.58 bits per heavy atom. The first-order valence-electron chi connectivity index (χ1n) is 2.98. The molecule has 5 N–H and O–H groups in total. The van der Waals surface area contributed by atoms with Gasteiger partial charge in [-0.2, -0.15) is 8.42 Å². The van der Waals surface area contributed by atoms with Crippen LogP contribution in [-0.2, 0) is 10.1 Å². The normalized spacial score (nSPS) is 29.3. The predicted octanol–water partition coefficient (Wildman–Crippen LogP) is -0.954. The van der Waals surface area contributed by atoms with Crippen molar-refractivity contribution in [1.29, 1.82) is 0 Å². The van der Waals surface area contributed by atoms with Crippen molar-refractivity contribution >= 4 is 10.1 Å². The number of nitrogens with two attached hydrogens (primary N) is 1. The lowest BCUT2D eigenvalue weighted by Crippen LogP contribution is -2.59. The Bertz CT molecular complexity index is 344. The zero-order chi connectivity index (χ0) is 9.41. The number of dihydropyridines is 1. The first kappa shape index (κ1) is 9.04. The fraction of sp³-hybridized carbons (Fsp3) is 0.200. The van der Waals surface area contributed by atoms with Crippen LogP contribution in [0.3, 0.4) is 0 Å². The zero-order valence-electron chi connectivity index (χ0n) is 5.93. The van der Waals surface area contributed by atoms with Gasteiger partial charge < -0.3 is 10.4 Å². The molecule has 0 aliphatic carbocycles. The minimum Gasteiger partial charge on any atom is -0.507 e. The van der Waals surface area contributed by atoms with E-state index in [1.54, 1.807) is 0 Å². The molecule has 1 aliphatic rings. The SMILES string of the molecule is NC1(S(=O)(=O)O)NC=CC=C1O. The highest BCUT2D eigenvalue weighted by molar-refractivity contribution is 7.87. The highest BCUT2D eigenvalue weighted by Crippen LogP contribution is 2.17. The van der Waals surface area contributed by atoms with Crippen molar-refractivity contribution in [3.8, 4) is 0 Å². The molecule has 1 aliphatic heterocycles. The lowest BCUT2D eigenvalue weighted by Gasteiger charge is -2.27. The number of allylic oxidation sites excluding steroid dienone is 2. The van der Waals surface area contributed by atoms with Gasteiger partial charge in [-0.3, -0.25) is 10.3 Å². The van der Waals surface area contributed by atoms with Crippen LogP contribution >= 0.6 is 0 Å². The van der Waals surface area contributed by atoms with Gasteiger partial charge >= 0.3 is 10.1 Å². The summed E-state index contributed by atoms with van der Waals surface area (Å²) < 4.78 is 29.9. The highest BCUT2D eigenvalue weighted by Gasteiger charge is 2.43. The molecule has 68 valence electrons. The van der Waals surface area contributed by atoms with E-state index in [1.165, 1.54) is 12.3 Å². The molecule has 1 rings (SSSR count). The van der Waals surface area contributed by atoms with Crippen LogP contribution in [0.5, 0.6) is 0 Å². The van der Waals surface area contributed by atoms with Crippen LogP contribution in [0.25, 0.3) is 0 Å². The Morgan fingerprint density at radius 3 is 2.50 bits per heavy atom. The van der Waals surface area contributed by atoms with Crippen molar-refractivity contribution in [2.75, 3.05) is 0 Å². The molecule has 0 aromatic heterocycles. The molecule has 0 amide bonds. The van der Waals surface area contributed by atoms with Crippen molar-refractivity contribution in [3.05, 3.63) is 24.1 Å². The maximum atomic E-state index is 10.7. The largest absolute Gasteiger partial charge is 0.507 e. The van der Waals surface area contributed by atoms with Crippen molar-refractivity contribution in [2.24, 2.45) is 5.73 Å². The molecule has 0 radical (unpaired) electrons. The first-order chi connectivity index (χ1) is 5.38. The standard InChI is InChI=1S/C5H8N2O4S/c6-5(12(9,10)11)4(8)2-1-3-7-5/h1-3,7-8H,6H2,(H,9,10,11). The first-order valence-corrected chi connectivity index (χ1v) is 4.42. The number of aliphatic hydroxyl groups excluding tert-OH is 1. The van der Waals surface area contributed by atoms with Gasteiger partial charge in [-0.15, -0.1) is 0 Å². The molecule has 7 heteroatoms. The van der Waals surface area contributed by atoms with Gasteiger partial charge in [0.2, 0.25) is 0 Å². The number of hydrogen-bond donors (Lipinski definition) is 4. The maximum absolute atomic E-state index is 10.7. The van der Waals surface area contributed by atoms with Crippen molar-refractivity contribution in [3.63, 3.8) is 0 Å². The quantitative estimate of drug-likeness (QED) is 0.398. The van der Waals surface area contributed by atoms with E-state index in [0.29, 0.717) is 0 Å². The lowest BCUT2D eigenvalue weighted by atomic mass is 10.3. The van der Waals surface area contributed by atoms with Gasteiger partial charge in [-0.1, -0.05) is 0 Å². The van der Waals surface area contributed by atoms with E-state index in [4.69, 9.17) is 15.4 Å². The molecule has 1 heterocycles. The van der Waals surface area contributed by atoms with Gasteiger partial charge in [-0.25, -0.2) is 0 Å². The van der Waals surface area contributed by atoms with E-state index in [1.807, 2.05) is 0 Å². The molecule has 0 spiro atoms. The van der Waals surface area contributed by atoms with E-state index < -0.39 is 20.9 Å². The highest BCUT2D eigenvalue weighted by atomic mass is 32.2. The third kappa shape index (κ3) is 1.17. The summed E-state index contributed by atoms with van der Waals surface area (Å²) in [5.74, 6) is -0.660. The van der Waals surface area contributed by atoms with Crippen molar-refractivity contribution in [2.45, 2.75) is 4.99 Å². The van der Waals surface area contributed by atoms with Gasteiger partial charge in [0.15, 0.2) is 5.76 Å². The molecule has 6 nitrogen and oxygen atoms in total. The second-order valence-electron chi connectivity index (χ2n) is 2.27. The number of aliphatic hydroxyl groups is 1. The smallest absolute Gasteiger partial charge is 0.311 e. The van der Waals surface area contributed by atoms with Gasteiger partial charge in [0.25, 0.3) is 4.99 Å². The summed E-state index contributed by atoms with van der Waals surface area (Å²) in [6, 6.07) is 0. The summed E-state index contributed by atoms with van der Waals surface area (Å²) in [5, 5.41) is 11.2. The summed E-state index contributed by atoms with van der Waals surface area (Å²) in [5.41, 5.74) is 5.16. The third-order valence-corrected chi connectivity index (χ3v) is 2.58. The van der Waals surface area contributed by atoms with Crippen molar-refractivity contribution < 1.29 is 18.1 Å². The zero-order valence-corrected chi connectivity index (χ0v) is 6.75. The summed E-state index contributed by atoms with van der Waals surface area (Å²) in [6.07, 6.45) is 3.63. The molecule has 0 fully saturated rings. The summed E-state index contributed by atoms with van der Waals surface area (Å²) in [6.45, 7) is 0. The Balaban J connectivity index is 3.19. The van der Waals surface area contributed by atoms with Crippen LogP contribution in [0.15, 0.2) is 24.1 Å². The Kier molecular flexibility index (Phi) is 1.86. The molecule has 12 heavy (non-hydrogen) atoms. The Morgan fingerprint density at radius 2 is 2.17 bits per heavy atom. The molecular formula is C5H8N2O4S. The van der Waals surface area contributed by atoms with Gasteiger partial charge in [0.05, 0.1) is 0 Å². The fourth-order valence-electron chi connectivity index (χ4n) is 0.716. The van der Waals surface area contributed by atoms with Crippen LogP contribution in [0, 0.1) is 0 Å². The van der Waals surface area contributed by atoms with Crippen LogP contribution < -0.4 is 11.1 Å². The molecule has 0 bridgehead atoms. The number of rotatable bonds is 1. The average molecular weight is 192 g/mol. The predicted molar refractivity (Wildman–Crippen MR) is 41.5 cm³/mol. The summed E-state index contributed by atoms with van der Waals surface area (Å²) >= 11 is 0. The minimum absolute atomic E-state index is 0.660. The third-order valence-electron chi connectivity index (χ3n) is 1.44. The van der Waals surface area contributed by atoms with Crippen LogP contribution in [-0.4, -0.2) is 23.1 Å². The lowest BCUT2D eigenvalue weighted by molar-refractivity contribution is 0.308. The molecule has 1 atom stereocenters. The molecular weight excluding hydrogens is 184 g/mol.